The van der Waals surface area contributed by atoms with E-state index in [1.165, 1.54) is 0 Å². The minimum atomic E-state index is -0.917. The summed E-state index contributed by atoms with van der Waals surface area (Å²) in [4.78, 5) is 15.8. The molecule has 0 spiro atoms. The third-order valence-corrected chi connectivity index (χ3v) is 6.55. The lowest BCUT2D eigenvalue weighted by atomic mass is 9.96. The number of ether oxygens (including phenoxy) is 1. The molecule has 0 aliphatic carbocycles. The predicted molar refractivity (Wildman–Crippen MR) is 138 cm³/mol. The number of carboxylic acid groups (broad SMARTS) is 1. The molecule has 1 aliphatic rings. The van der Waals surface area contributed by atoms with E-state index in [1.54, 1.807) is 16.8 Å². The van der Waals surface area contributed by atoms with Crippen LogP contribution < -0.4 is 15.4 Å². The van der Waals surface area contributed by atoms with Gasteiger partial charge in [-0.3, -0.25) is 4.68 Å². The van der Waals surface area contributed by atoms with Crippen molar-refractivity contribution in [3.8, 4) is 17.0 Å². The molecule has 36 heavy (non-hydrogen) atoms. The Labute approximate surface area is 210 Å². The van der Waals surface area contributed by atoms with Gasteiger partial charge < -0.3 is 20.5 Å². The number of benzene rings is 2. The van der Waals surface area contributed by atoms with Crippen molar-refractivity contribution in [3.63, 3.8) is 0 Å². The molecule has 0 unspecified atom stereocenters. The highest BCUT2D eigenvalue weighted by molar-refractivity contribution is 5.87. The van der Waals surface area contributed by atoms with Crippen LogP contribution in [-0.2, 0) is 7.05 Å². The summed E-state index contributed by atoms with van der Waals surface area (Å²) in [5, 5.41) is 20.6. The van der Waals surface area contributed by atoms with Crippen LogP contribution in [0.1, 0.15) is 40.4 Å². The van der Waals surface area contributed by atoms with Gasteiger partial charge in [0.1, 0.15) is 6.10 Å². The van der Waals surface area contributed by atoms with Gasteiger partial charge in [-0.1, -0.05) is 49.4 Å². The molecule has 0 bridgehead atoms. The van der Waals surface area contributed by atoms with Gasteiger partial charge in [0.15, 0.2) is 0 Å². The van der Waals surface area contributed by atoms with E-state index in [2.05, 4.69) is 39.8 Å². The normalized spacial score (nSPS) is 16.3. The van der Waals surface area contributed by atoms with E-state index in [-0.39, 0.29) is 18.1 Å². The van der Waals surface area contributed by atoms with Crippen LogP contribution in [0, 0.1) is 0 Å². The molecule has 3 heterocycles. The van der Waals surface area contributed by atoms with Crippen LogP contribution in [0.5, 0.6) is 5.88 Å². The fourth-order valence-corrected chi connectivity index (χ4v) is 4.48. The molecule has 1 aliphatic heterocycles. The standard InChI is InChI=1S/C28H29N5O3/c1-18(19-8-10-21(11-9-19)28(34)35)13-30-26(20-6-4-3-5-7-20)25-16-29-24-12-22(14-31-27(24)36-25)23-15-32-33(2)17-23/h3-12,14-15,17-18,25-26,29-30H,13,16H2,1-2H3,(H,34,35)/t18-,25+,26-/m1/s1. The van der Waals surface area contributed by atoms with Gasteiger partial charge >= 0.3 is 5.97 Å². The number of aryl methyl sites for hydroxylation is 1. The van der Waals surface area contributed by atoms with Crippen molar-refractivity contribution in [1.82, 2.24) is 20.1 Å². The van der Waals surface area contributed by atoms with Gasteiger partial charge in [0.2, 0.25) is 5.88 Å². The molecule has 5 rings (SSSR count). The fraction of sp³-hybridized carbons (Fsp3) is 0.250. The summed E-state index contributed by atoms with van der Waals surface area (Å²) in [6.07, 6.45) is 5.43. The number of aromatic carboxylic acids is 1. The van der Waals surface area contributed by atoms with Gasteiger partial charge in [-0.25, -0.2) is 9.78 Å². The highest BCUT2D eigenvalue weighted by Gasteiger charge is 2.30. The highest BCUT2D eigenvalue weighted by Crippen LogP contribution is 2.34. The average Bonchev–Trinajstić information content (AvgIpc) is 3.35. The minimum absolute atomic E-state index is 0.0626. The number of fused-ring (bicyclic) bond motifs is 1. The van der Waals surface area contributed by atoms with E-state index in [1.807, 2.05) is 62.0 Å². The monoisotopic (exact) mass is 483 g/mol. The van der Waals surface area contributed by atoms with E-state index in [0.717, 1.165) is 27.9 Å². The second-order valence-electron chi connectivity index (χ2n) is 9.14. The summed E-state index contributed by atoms with van der Waals surface area (Å²) in [5.41, 5.74) is 5.36. The summed E-state index contributed by atoms with van der Waals surface area (Å²) < 4.78 is 8.17. The third-order valence-electron chi connectivity index (χ3n) is 6.55. The quantitative estimate of drug-likeness (QED) is 0.339. The Morgan fingerprint density at radius 3 is 2.61 bits per heavy atom. The van der Waals surface area contributed by atoms with E-state index in [0.29, 0.717) is 24.5 Å². The second kappa shape index (κ2) is 10.2. The largest absolute Gasteiger partial charge is 0.478 e. The van der Waals surface area contributed by atoms with Crippen LogP contribution in [0.15, 0.2) is 79.3 Å². The molecule has 2 aromatic heterocycles. The van der Waals surface area contributed by atoms with E-state index in [9.17, 15) is 4.79 Å². The lowest BCUT2D eigenvalue weighted by molar-refractivity contribution is 0.0697. The first-order valence-electron chi connectivity index (χ1n) is 12.0. The van der Waals surface area contributed by atoms with E-state index >= 15 is 0 Å². The van der Waals surface area contributed by atoms with Crippen LogP contribution >= 0.6 is 0 Å². The lowest BCUT2D eigenvalue weighted by Gasteiger charge is -2.34. The van der Waals surface area contributed by atoms with Crippen molar-refractivity contribution in [1.29, 1.82) is 0 Å². The number of nitrogens with one attached hydrogen (secondary N) is 2. The molecule has 2 aromatic carbocycles. The number of hydrogen-bond acceptors (Lipinski definition) is 6. The summed E-state index contributed by atoms with van der Waals surface area (Å²) in [6.45, 7) is 3.45. The van der Waals surface area contributed by atoms with Crippen molar-refractivity contribution < 1.29 is 14.6 Å². The number of carboxylic acids is 1. The molecule has 3 atom stereocenters. The molecular weight excluding hydrogens is 454 g/mol. The molecule has 4 aromatic rings. The number of aromatic nitrogens is 3. The van der Waals surface area contributed by atoms with E-state index in [4.69, 9.17) is 9.84 Å². The van der Waals surface area contributed by atoms with Crippen LogP contribution in [0.3, 0.4) is 0 Å². The van der Waals surface area contributed by atoms with Crippen molar-refractivity contribution in [2.75, 3.05) is 18.4 Å². The maximum Gasteiger partial charge on any atom is 0.335 e. The number of carbonyl (C=O) groups is 1. The molecule has 8 nitrogen and oxygen atoms in total. The van der Waals surface area contributed by atoms with Crippen LogP contribution in [0.4, 0.5) is 5.69 Å². The van der Waals surface area contributed by atoms with E-state index < -0.39 is 5.97 Å². The Morgan fingerprint density at radius 1 is 1.14 bits per heavy atom. The zero-order valence-electron chi connectivity index (χ0n) is 20.3. The van der Waals surface area contributed by atoms with Gasteiger partial charge in [0.05, 0.1) is 30.0 Å². The molecule has 0 saturated carbocycles. The summed E-state index contributed by atoms with van der Waals surface area (Å²) >= 11 is 0. The second-order valence-corrected chi connectivity index (χ2v) is 9.14. The van der Waals surface area contributed by atoms with Crippen LogP contribution in [-0.4, -0.2) is 45.0 Å². The predicted octanol–water partition coefficient (Wildman–Crippen LogP) is 4.49. The number of rotatable bonds is 8. The molecule has 0 radical (unpaired) electrons. The summed E-state index contributed by atoms with van der Waals surface area (Å²) in [5.74, 6) is -0.151. The first-order chi connectivity index (χ1) is 17.5. The van der Waals surface area contributed by atoms with Crippen molar-refractivity contribution in [3.05, 3.63) is 95.9 Å². The Bertz CT molecular complexity index is 1340. The SMILES string of the molecule is C[C@H](CN[C@H](c1ccccc1)[C@@H]1CNc2cc(-c3cnn(C)c3)cnc2O1)c1ccc(C(=O)O)cc1. The molecular formula is C28H29N5O3. The Kier molecular flexibility index (Phi) is 6.69. The fourth-order valence-electron chi connectivity index (χ4n) is 4.48. The van der Waals surface area contributed by atoms with Crippen LogP contribution in [0.25, 0.3) is 11.1 Å². The zero-order chi connectivity index (χ0) is 25.1. The Morgan fingerprint density at radius 2 is 1.92 bits per heavy atom. The number of hydrogen-bond donors (Lipinski definition) is 3. The van der Waals surface area contributed by atoms with Gasteiger partial charge in [0, 0.05) is 37.1 Å². The highest BCUT2D eigenvalue weighted by atomic mass is 16.5. The smallest absolute Gasteiger partial charge is 0.335 e. The summed E-state index contributed by atoms with van der Waals surface area (Å²) in [6, 6.07) is 19.3. The average molecular weight is 484 g/mol. The molecule has 0 fully saturated rings. The molecule has 0 saturated heterocycles. The first-order valence-corrected chi connectivity index (χ1v) is 12.0. The van der Waals surface area contributed by atoms with Gasteiger partial charge in [-0.05, 0) is 35.2 Å². The molecule has 8 heteroatoms. The first kappa shape index (κ1) is 23.6. The van der Waals surface area contributed by atoms with Gasteiger partial charge in [-0.15, -0.1) is 0 Å². The number of nitrogens with zero attached hydrogens (tertiary/aromatic N) is 3. The topological polar surface area (TPSA) is 101 Å². The number of pyridine rings is 1. The maximum atomic E-state index is 11.2. The molecule has 0 amide bonds. The molecule has 3 N–H and O–H groups in total. The lowest BCUT2D eigenvalue weighted by Crippen LogP contribution is -2.43. The number of anilines is 1. The Hall–Kier alpha value is -4.17. The van der Waals surface area contributed by atoms with Crippen LogP contribution in [0.2, 0.25) is 0 Å². The summed E-state index contributed by atoms with van der Waals surface area (Å²) in [7, 11) is 1.89. The van der Waals surface area contributed by atoms with Crippen molar-refractivity contribution >= 4 is 11.7 Å². The van der Waals surface area contributed by atoms with Gasteiger partial charge in [0.25, 0.3) is 0 Å². The maximum absolute atomic E-state index is 11.2. The van der Waals surface area contributed by atoms with Gasteiger partial charge in [-0.2, -0.15) is 5.10 Å². The third kappa shape index (κ3) is 5.08. The molecule has 184 valence electrons. The van der Waals surface area contributed by atoms with Crippen molar-refractivity contribution in [2.45, 2.75) is 25.0 Å². The minimum Gasteiger partial charge on any atom is -0.478 e. The van der Waals surface area contributed by atoms with Crippen molar-refractivity contribution in [2.24, 2.45) is 7.05 Å². The Balaban J connectivity index is 1.32. The zero-order valence-corrected chi connectivity index (χ0v) is 20.3.